The Morgan fingerprint density at radius 2 is 1.77 bits per heavy atom. The summed E-state index contributed by atoms with van der Waals surface area (Å²) in [7, 11) is 2.90. The van der Waals surface area contributed by atoms with Crippen molar-refractivity contribution >= 4 is 5.97 Å². The first-order chi connectivity index (χ1) is 14.8. The van der Waals surface area contributed by atoms with E-state index < -0.39 is 6.10 Å². The van der Waals surface area contributed by atoms with Gasteiger partial charge in [-0.05, 0) is 48.2 Å². The predicted molar refractivity (Wildman–Crippen MR) is 112 cm³/mol. The minimum absolute atomic E-state index is 0.0798. The van der Waals surface area contributed by atoms with Crippen molar-refractivity contribution in [2.24, 2.45) is 0 Å². The van der Waals surface area contributed by atoms with Gasteiger partial charge in [0, 0.05) is 19.8 Å². The van der Waals surface area contributed by atoms with Gasteiger partial charge in [0.05, 0.1) is 26.4 Å². The van der Waals surface area contributed by atoms with Crippen LogP contribution in [0.15, 0.2) is 30.3 Å². The zero-order chi connectivity index (χ0) is 22.5. The molecule has 0 aliphatic carbocycles. The quantitative estimate of drug-likeness (QED) is 0.449. The molecule has 0 spiro atoms. The van der Waals surface area contributed by atoms with Crippen LogP contribution in [0.3, 0.4) is 0 Å². The summed E-state index contributed by atoms with van der Waals surface area (Å²) < 4.78 is 22.0. The molecular weight excluding hydrogens is 404 g/mol. The van der Waals surface area contributed by atoms with E-state index in [0.717, 1.165) is 5.56 Å². The maximum Gasteiger partial charge on any atom is 0.302 e. The molecule has 2 aromatic rings. The van der Waals surface area contributed by atoms with Gasteiger partial charge in [-0.2, -0.15) is 0 Å². The summed E-state index contributed by atoms with van der Waals surface area (Å²) in [6, 6.07) is 8.23. The molecule has 168 valence electrons. The first-order valence-corrected chi connectivity index (χ1v) is 10.1. The van der Waals surface area contributed by atoms with E-state index in [1.165, 1.54) is 27.2 Å². The second kappa shape index (κ2) is 9.78. The summed E-state index contributed by atoms with van der Waals surface area (Å²) in [6.45, 7) is 1.37. The van der Waals surface area contributed by atoms with Crippen LogP contribution in [0.4, 0.5) is 0 Å². The lowest BCUT2D eigenvalue weighted by Crippen LogP contribution is -2.34. The summed E-state index contributed by atoms with van der Waals surface area (Å²) in [4.78, 5) is 11.5. The third-order valence-corrected chi connectivity index (χ3v) is 5.36. The molecule has 8 heteroatoms. The average molecular weight is 432 g/mol. The molecule has 1 heterocycles. The van der Waals surface area contributed by atoms with Crippen molar-refractivity contribution < 1.29 is 39.1 Å². The van der Waals surface area contributed by atoms with Gasteiger partial charge in [0.15, 0.2) is 23.0 Å². The number of methoxy groups -OCH3 is 2. The molecule has 3 rings (SSSR count). The first kappa shape index (κ1) is 22.6. The maximum atomic E-state index is 11.5. The Morgan fingerprint density at radius 3 is 2.45 bits per heavy atom. The van der Waals surface area contributed by atoms with Crippen LogP contribution in [0, 0.1) is 0 Å². The van der Waals surface area contributed by atoms with Crippen molar-refractivity contribution in [3.05, 3.63) is 41.5 Å². The van der Waals surface area contributed by atoms with Gasteiger partial charge in [0.2, 0.25) is 5.75 Å². The first-order valence-electron chi connectivity index (χ1n) is 10.1. The van der Waals surface area contributed by atoms with Gasteiger partial charge in [-0.25, -0.2) is 0 Å². The molecule has 0 saturated carbocycles. The lowest BCUT2D eigenvalue weighted by Gasteiger charge is -2.35. The van der Waals surface area contributed by atoms with E-state index in [4.69, 9.17) is 18.9 Å². The number of hydrogen-bond donors (Lipinski definition) is 3. The third kappa shape index (κ3) is 5.52. The molecule has 8 nitrogen and oxygen atoms in total. The van der Waals surface area contributed by atoms with Gasteiger partial charge < -0.3 is 34.3 Å². The van der Waals surface area contributed by atoms with Crippen LogP contribution in [-0.2, 0) is 20.7 Å². The van der Waals surface area contributed by atoms with E-state index >= 15 is 0 Å². The SMILES string of the molecule is COc1cc(CCC2CC(OC(C)=O)CC(c3cc(O)c(O)c(OC)c3)O2)ccc1O. The van der Waals surface area contributed by atoms with Gasteiger partial charge in [-0.3, -0.25) is 4.79 Å². The van der Waals surface area contributed by atoms with Gasteiger partial charge in [-0.15, -0.1) is 0 Å². The van der Waals surface area contributed by atoms with E-state index in [2.05, 4.69) is 0 Å². The maximum absolute atomic E-state index is 11.5. The monoisotopic (exact) mass is 432 g/mol. The Labute approximate surface area is 180 Å². The van der Waals surface area contributed by atoms with E-state index in [-0.39, 0.29) is 41.2 Å². The highest BCUT2D eigenvalue weighted by molar-refractivity contribution is 5.66. The van der Waals surface area contributed by atoms with Crippen molar-refractivity contribution in [3.8, 4) is 28.7 Å². The van der Waals surface area contributed by atoms with Crippen LogP contribution in [0.5, 0.6) is 28.7 Å². The Kier molecular flexibility index (Phi) is 7.12. The molecule has 1 saturated heterocycles. The number of phenols is 3. The Bertz CT molecular complexity index is 926. The predicted octanol–water partition coefficient (Wildman–Crippen LogP) is 3.61. The number of esters is 1. The number of aromatic hydroxyl groups is 3. The molecule has 0 aromatic heterocycles. The normalized spacial score (nSPS) is 20.8. The van der Waals surface area contributed by atoms with Crippen LogP contribution >= 0.6 is 0 Å². The molecule has 0 bridgehead atoms. The highest BCUT2D eigenvalue weighted by Gasteiger charge is 2.33. The molecule has 3 atom stereocenters. The minimum Gasteiger partial charge on any atom is -0.504 e. The number of carbonyl (C=O) groups is 1. The molecule has 3 unspecified atom stereocenters. The third-order valence-electron chi connectivity index (χ3n) is 5.36. The summed E-state index contributed by atoms with van der Waals surface area (Å²) >= 11 is 0. The molecular formula is C23H28O8. The topological polar surface area (TPSA) is 115 Å². The van der Waals surface area contributed by atoms with Crippen molar-refractivity contribution in [3.63, 3.8) is 0 Å². The summed E-state index contributed by atoms with van der Waals surface area (Å²) in [5.74, 6) is -0.378. The molecule has 31 heavy (non-hydrogen) atoms. The number of phenolic OH excluding ortho intramolecular Hbond substituents is 3. The van der Waals surface area contributed by atoms with Gasteiger partial charge >= 0.3 is 5.97 Å². The van der Waals surface area contributed by atoms with E-state index in [1.807, 2.05) is 6.07 Å². The molecule has 0 amide bonds. The van der Waals surface area contributed by atoms with Crippen molar-refractivity contribution in [1.29, 1.82) is 0 Å². The summed E-state index contributed by atoms with van der Waals surface area (Å²) in [6.07, 6.45) is 1.32. The largest absolute Gasteiger partial charge is 0.504 e. The van der Waals surface area contributed by atoms with Gasteiger partial charge in [0.1, 0.15) is 6.10 Å². The van der Waals surface area contributed by atoms with Crippen molar-refractivity contribution in [2.45, 2.75) is 50.9 Å². The van der Waals surface area contributed by atoms with Crippen molar-refractivity contribution in [1.82, 2.24) is 0 Å². The minimum atomic E-state index is -0.446. The fourth-order valence-electron chi connectivity index (χ4n) is 3.86. The standard InChI is InChI=1S/C23H28O8/c1-13(24)30-17-11-16(6-4-14-5-7-18(25)21(8-14)28-2)31-20(12-17)15-9-19(26)23(27)22(10-15)29-3/h5,7-10,16-17,20,25-27H,4,6,11-12H2,1-3H3. The lowest BCUT2D eigenvalue weighted by atomic mass is 9.93. The van der Waals surface area contributed by atoms with E-state index in [0.29, 0.717) is 37.0 Å². The second-order valence-electron chi connectivity index (χ2n) is 7.59. The molecule has 0 radical (unpaired) electrons. The van der Waals surface area contributed by atoms with E-state index in [1.54, 1.807) is 18.2 Å². The van der Waals surface area contributed by atoms with Gasteiger partial charge in [0.25, 0.3) is 0 Å². The number of rotatable bonds is 7. The molecule has 2 aromatic carbocycles. The molecule has 1 fully saturated rings. The van der Waals surface area contributed by atoms with Crippen LogP contribution in [0.1, 0.15) is 43.4 Å². The smallest absolute Gasteiger partial charge is 0.302 e. The lowest BCUT2D eigenvalue weighted by molar-refractivity contribution is -0.160. The Hall–Kier alpha value is -3.13. The van der Waals surface area contributed by atoms with Crippen LogP contribution < -0.4 is 9.47 Å². The Morgan fingerprint density at radius 1 is 1.03 bits per heavy atom. The van der Waals surface area contributed by atoms with Crippen LogP contribution in [-0.4, -0.2) is 47.7 Å². The fraction of sp³-hybridized carbons (Fsp3) is 0.435. The Balaban J connectivity index is 1.77. The highest BCUT2D eigenvalue weighted by atomic mass is 16.6. The number of hydrogen-bond acceptors (Lipinski definition) is 8. The van der Waals surface area contributed by atoms with Crippen molar-refractivity contribution in [2.75, 3.05) is 14.2 Å². The number of aryl methyl sites for hydroxylation is 1. The molecule has 1 aliphatic heterocycles. The average Bonchev–Trinajstić information content (AvgIpc) is 2.74. The zero-order valence-corrected chi connectivity index (χ0v) is 17.8. The number of carbonyl (C=O) groups excluding carboxylic acids is 1. The highest BCUT2D eigenvalue weighted by Crippen LogP contribution is 2.42. The molecule has 1 aliphatic rings. The van der Waals surface area contributed by atoms with Gasteiger partial charge in [-0.1, -0.05) is 6.07 Å². The summed E-state index contributed by atoms with van der Waals surface area (Å²) in [5.41, 5.74) is 1.61. The molecule has 3 N–H and O–H groups in total. The number of ether oxygens (including phenoxy) is 4. The van der Waals surface area contributed by atoms with Crippen LogP contribution in [0.25, 0.3) is 0 Å². The van der Waals surface area contributed by atoms with Crippen LogP contribution in [0.2, 0.25) is 0 Å². The second-order valence-corrected chi connectivity index (χ2v) is 7.59. The number of benzene rings is 2. The zero-order valence-electron chi connectivity index (χ0n) is 17.8. The fourth-order valence-corrected chi connectivity index (χ4v) is 3.86. The summed E-state index contributed by atoms with van der Waals surface area (Å²) in [5, 5.41) is 29.7. The van der Waals surface area contributed by atoms with E-state index in [9.17, 15) is 20.1 Å².